The van der Waals surface area contributed by atoms with Gasteiger partial charge in [0, 0.05) is 19.3 Å². The van der Waals surface area contributed by atoms with Crippen molar-refractivity contribution in [3.05, 3.63) is 48.6 Å². The van der Waals surface area contributed by atoms with E-state index in [9.17, 15) is 14.4 Å². The van der Waals surface area contributed by atoms with Crippen molar-refractivity contribution in [2.24, 2.45) is 0 Å². The SMILES string of the molecule is CCCCCC/C=C\C/C=C\CCCCCCCCCC(=O)OC(COC(=O)CCCCCCCCC/C=C\CCCCCCCCC)COC(=O)CCCCCCCCCCC/C=C\CCCCCCCC. The van der Waals surface area contributed by atoms with Crippen molar-refractivity contribution in [2.45, 2.75) is 348 Å². The predicted molar refractivity (Wildman–Crippen MR) is 316 cm³/mol. The molecule has 0 aromatic heterocycles. The second-order valence-electron chi connectivity index (χ2n) is 21.7. The number of carbonyl (C=O) groups is 3. The van der Waals surface area contributed by atoms with Crippen molar-refractivity contribution in [1.82, 2.24) is 0 Å². The lowest BCUT2D eigenvalue weighted by atomic mass is 10.1. The summed E-state index contributed by atoms with van der Waals surface area (Å²) in [6.45, 7) is 6.66. The first kappa shape index (κ1) is 70.4. The Bertz CT molecular complexity index is 1270. The molecule has 0 radical (unpaired) electrons. The molecule has 1 unspecified atom stereocenters. The van der Waals surface area contributed by atoms with Crippen LogP contribution in [-0.2, 0) is 28.6 Å². The van der Waals surface area contributed by atoms with E-state index in [0.717, 1.165) is 70.6 Å². The van der Waals surface area contributed by atoms with Gasteiger partial charge in [-0.1, -0.05) is 268 Å². The number of allylic oxidation sites excluding steroid dienone is 8. The smallest absolute Gasteiger partial charge is 0.306 e. The van der Waals surface area contributed by atoms with Crippen molar-refractivity contribution in [1.29, 1.82) is 0 Å². The van der Waals surface area contributed by atoms with Crippen molar-refractivity contribution in [3.8, 4) is 0 Å². The van der Waals surface area contributed by atoms with Crippen molar-refractivity contribution >= 4 is 17.9 Å². The van der Waals surface area contributed by atoms with Crippen molar-refractivity contribution < 1.29 is 28.6 Å². The third kappa shape index (κ3) is 60.1. The maximum atomic E-state index is 12.9. The average molecular weight is 1020 g/mol. The molecule has 0 aliphatic carbocycles. The van der Waals surface area contributed by atoms with E-state index in [0.29, 0.717) is 19.3 Å². The zero-order valence-electron chi connectivity index (χ0n) is 48.9. The first-order valence-electron chi connectivity index (χ1n) is 32.1. The maximum absolute atomic E-state index is 12.9. The molecule has 0 spiro atoms. The van der Waals surface area contributed by atoms with Crippen LogP contribution in [0.1, 0.15) is 342 Å². The summed E-state index contributed by atoms with van der Waals surface area (Å²) in [5.41, 5.74) is 0. The number of esters is 3. The number of ether oxygens (including phenoxy) is 3. The molecular formula is C67H122O6. The van der Waals surface area contributed by atoms with Gasteiger partial charge >= 0.3 is 17.9 Å². The molecule has 0 aromatic rings. The molecule has 0 saturated heterocycles. The zero-order chi connectivity index (χ0) is 52.9. The highest BCUT2D eigenvalue weighted by atomic mass is 16.6. The third-order valence-electron chi connectivity index (χ3n) is 14.3. The van der Waals surface area contributed by atoms with Crippen LogP contribution < -0.4 is 0 Å². The van der Waals surface area contributed by atoms with Crippen LogP contribution in [0.3, 0.4) is 0 Å². The first-order chi connectivity index (χ1) is 36.0. The second kappa shape index (κ2) is 61.9. The summed E-state index contributed by atoms with van der Waals surface area (Å²) in [7, 11) is 0. The van der Waals surface area contributed by atoms with Crippen molar-refractivity contribution in [3.63, 3.8) is 0 Å². The Hall–Kier alpha value is -2.63. The van der Waals surface area contributed by atoms with Gasteiger partial charge in [0.25, 0.3) is 0 Å². The lowest BCUT2D eigenvalue weighted by Gasteiger charge is -2.18. The van der Waals surface area contributed by atoms with E-state index in [2.05, 4.69) is 69.4 Å². The van der Waals surface area contributed by atoms with Crippen molar-refractivity contribution in [2.75, 3.05) is 13.2 Å². The van der Waals surface area contributed by atoms with E-state index in [4.69, 9.17) is 14.2 Å². The fourth-order valence-corrected chi connectivity index (χ4v) is 9.41. The Morgan fingerprint density at radius 3 is 0.781 bits per heavy atom. The quantitative estimate of drug-likeness (QED) is 0.0261. The van der Waals surface area contributed by atoms with E-state index in [1.54, 1.807) is 0 Å². The van der Waals surface area contributed by atoms with Crippen LogP contribution in [0, 0.1) is 0 Å². The molecule has 0 fully saturated rings. The Morgan fingerprint density at radius 2 is 0.493 bits per heavy atom. The molecule has 0 aromatic carbocycles. The largest absolute Gasteiger partial charge is 0.462 e. The number of hydrogen-bond donors (Lipinski definition) is 0. The van der Waals surface area contributed by atoms with Gasteiger partial charge in [-0.15, -0.1) is 0 Å². The van der Waals surface area contributed by atoms with Crippen LogP contribution in [0.25, 0.3) is 0 Å². The fraction of sp³-hybridized carbons (Fsp3) is 0.836. The summed E-state index contributed by atoms with van der Waals surface area (Å²) in [6, 6.07) is 0. The molecule has 73 heavy (non-hydrogen) atoms. The van der Waals surface area contributed by atoms with Gasteiger partial charge in [-0.25, -0.2) is 0 Å². The minimum absolute atomic E-state index is 0.0766. The van der Waals surface area contributed by atoms with Crippen LogP contribution in [0.2, 0.25) is 0 Å². The highest BCUT2D eigenvalue weighted by Gasteiger charge is 2.19. The molecule has 0 aliphatic heterocycles. The number of unbranched alkanes of at least 4 members (excludes halogenated alkanes) is 40. The van der Waals surface area contributed by atoms with Gasteiger partial charge in [0.1, 0.15) is 13.2 Å². The topological polar surface area (TPSA) is 78.9 Å². The summed E-state index contributed by atoms with van der Waals surface area (Å²) >= 11 is 0. The molecule has 6 nitrogen and oxygen atoms in total. The van der Waals surface area contributed by atoms with E-state index < -0.39 is 6.10 Å². The van der Waals surface area contributed by atoms with Gasteiger partial charge in [-0.2, -0.15) is 0 Å². The standard InChI is InChI=1S/C67H122O6/c1-4-7-10-13-16-19-22-25-28-31-34-37-39-42-45-48-51-54-57-60-66(69)72-63-64(73-67(70)61-58-55-52-49-46-43-40-36-33-30-27-24-21-18-15-12-9-6-3)62-71-65(68)59-56-53-50-47-44-41-38-35-32-29-26-23-20-17-14-11-8-5-2/h21,24-25,28-30,32-33,64H,4-20,22-23,26-27,31,34-63H2,1-3H3/b24-21-,28-25-,32-29-,33-30-. The molecule has 0 heterocycles. The third-order valence-corrected chi connectivity index (χ3v) is 14.3. The Kier molecular flexibility index (Phi) is 59.7. The molecular weight excluding hydrogens is 901 g/mol. The first-order valence-corrected chi connectivity index (χ1v) is 32.1. The molecule has 0 saturated carbocycles. The van der Waals surface area contributed by atoms with Crippen LogP contribution in [-0.4, -0.2) is 37.2 Å². The molecule has 0 amide bonds. The van der Waals surface area contributed by atoms with Gasteiger partial charge in [0.05, 0.1) is 0 Å². The minimum Gasteiger partial charge on any atom is -0.462 e. The number of hydrogen-bond acceptors (Lipinski definition) is 6. The summed E-state index contributed by atoms with van der Waals surface area (Å²) in [5, 5.41) is 0. The summed E-state index contributed by atoms with van der Waals surface area (Å²) < 4.78 is 16.9. The fourth-order valence-electron chi connectivity index (χ4n) is 9.41. The summed E-state index contributed by atoms with van der Waals surface area (Å²) in [5.74, 6) is -0.871. The number of carbonyl (C=O) groups excluding carboxylic acids is 3. The van der Waals surface area contributed by atoms with E-state index in [1.165, 1.54) is 231 Å². The zero-order valence-corrected chi connectivity index (χ0v) is 48.9. The second-order valence-corrected chi connectivity index (χ2v) is 21.7. The van der Waals surface area contributed by atoms with Crippen LogP contribution in [0.15, 0.2) is 48.6 Å². The Labute approximate surface area is 454 Å². The average Bonchev–Trinajstić information content (AvgIpc) is 3.39. The van der Waals surface area contributed by atoms with Crippen LogP contribution in [0.4, 0.5) is 0 Å². The maximum Gasteiger partial charge on any atom is 0.306 e. The van der Waals surface area contributed by atoms with Crippen LogP contribution in [0.5, 0.6) is 0 Å². The molecule has 426 valence electrons. The number of rotatable bonds is 59. The highest BCUT2D eigenvalue weighted by Crippen LogP contribution is 2.16. The highest BCUT2D eigenvalue weighted by molar-refractivity contribution is 5.71. The van der Waals surface area contributed by atoms with Gasteiger partial charge in [-0.3, -0.25) is 14.4 Å². The minimum atomic E-state index is -0.780. The van der Waals surface area contributed by atoms with E-state index >= 15 is 0 Å². The van der Waals surface area contributed by atoms with Gasteiger partial charge in [0.2, 0.25) is 0 Å². The van der Waals surface area contributed by atoms with Gasteiger partial charge in [0.15, 0.2) is 6.10 Å². The van der Waals surface area contributed by atoms with E-state index in [1.807, 2.05) is 0 Å². The molecule has 0 N–H and O–H groups in total. The summed E-state index contributed by atoms with van der Waals surface area (Å²) in [6.07, 6.45) is 76.8. The molecule has 0 bridgehead atoms. The summed E-state index contributed by atoms with van der Waals surface area (Å²) in [4.78, 5) is 38.3. The van der Waals surface area contributed by atoms with Gasteiger partial charge in [-0.05, 0) is 103 Å². The normalized spacial score (nSPS) is 12.3. The monoisotopic (exact) mass is 1020 g/mol. The predicted octanol–water partition coefficient (Wildman–Crippen LogP) is 21.8. The van der Waals surface area contributed by atoms with Gasteiger partial charge < -0.3 is 14.2 Å². The Balaban J connectivity index is 4.37. The molecule has 1 atom stereocenters. The lowest BCUT2D eigenvalue weighted by Crippen LogP contribution is -2.30. The molecule has 0 aliphatic rings. The lowest BCUT2D eigenvalue weighted by molar-refractivity contribution is -0.167. The van der Waals surface area contributed by atoms with E-state index in [-0.39, 0.29) is 31.1 Å². The molecule has 6 heteroatoms. The molecule has 0 rings (SSSR count). The Morgan fingerprint density at radius 1 is 0.274 bits per heavy atom. The van der Waals surface area contributed by atoms with Crippen LogP contribution >= 0.6 is 0 Å².